The molecule has 1 aliphatic rings. The molecule has 3 rings (SSSR count). The standard InChI is InChI=1S/C18H18FNO2.ClH/c1-20(9-3-5-14-4-2-6-16(19)10-14)12-15-7-8-17-18(11-15)22-13-21-17;/h2-8,10-11H,9,12-13H2,1H3;1H/b5-3+;. The van der Waals surface area contributed by atoms with E-state index >= 15 is 0 Å². The SMILES string of the molecule is CN(C/C=C/c1cccc(F)c1)Cc1ccc2c(c1)OCO2.Cl. The van der Waals surface area contributed by atoms with Crippen LogP contribution in [0, 0.1) is 5.82 Å². The van der Waals surface area contributed by atoms with Crippen molar-refractivity contribution in [1.29, 1.82) is 0 Å². The lowest BCUT2D eigenvalue weighted by atomic mass is 10.2. The molecule has 5 heteroatoms. The number of hydrogen-bond acceptors (Lipinski definition) is 3. The second kappa shape index (κ2) is 7.99. The van der Waals surface area contributed by atoms with Gasteiger partial charge in [-0.05, 0) is 42.4 Å². The smallest absolute Gasteiger partial charge is 0.231 e. The van der Waals surface area contributed by atoms with Crippen molar-refractivity contribution in [1.82, 2.24) is 4.90 Å². The van der Waals surface area contributed by atoms with Gasteiger partial charge in [0.05, 0.1) is 0 Å². The van der Waals surface area contributed by atoms with Gasteiger partial charge in [0.15, 0.2) is 11.5 Å². The summed E-state index contributed by atoms with van der Waals surface area (Å²) in [6.07, 6.45) is 3.96. The lowest BCUT2D eigenvalue weighted by Gasteiger charge is -2.14. The molecule has 0 aliphatic carbocycles. The predicted octanol–water partition coefficient (Wildman–Crippen LogP) is 4.12. The van der Waals surface area contributed by atoms with Crippen LogP contribution in [0.15, 0.2) is 48.5 Å². The van der Waals surface area contributed by atoms with Crippen molar-refractivity contribution in [2.45, 2.75) is 6.54 Å². The first-order chi connectivity index (χ1) is 10.7. The minimum atomic E-state index is -0.212. The molecule has 2 aromatic rings. The van der Waals surface area contributed by atoms with E-state index in [2.05, 4.69) is 4.90 Å². The Bertz CT molecular complexity index is 690. The number of hydrogen-bond donors (Lipinski definition) is 0. The number of likely N-dealkylation sites (N-methyl/N-ethyl adjacent to an activating group) is 1. The summed E-state index contributed by atoms with van der Waals surface area (Å²) in [4.78, 5) is 2.17. The third kappa shape index (κ3) is 4.71. The van der Waals surface area contributed by atoms with E-state index in [1.54, 1.807) is 6.07 Å². The normalized spacial score (nSPS) is 12.7. The van der Waals surface area contributed by atoms with Crippen LogP contribution in [0.5, 0.6) is 11.5 Å². The molecule has 3 nitrogen and oxygen atoms in total. The fourth-order valence-electron chi connectivity index (χ4n) is 2.39. The maximum absolute atomic E-state index is 13.1. The van der Waals surface area contributed by atoms with Crippen molar-refractivity contribution in [3.8, 4) is 11.5 Å². The minimum Gasteiger partial charge on any atom is -0.454 e. The van der Waals surface area contributed by atoms with Gasteiger partial charge in [0.1, 0.15) is 5.82 Å². The van der Waals surface area contributed by atoms with Gasteiger partial charge < -0.3 is 9.47 Å². The number of halogens is 2. The van der Waals surface area contributed by atoms with Gasteiger partial charge in [0.25, 0.3) is 0 Å². The highest BCUT2D eigenvalue weighted by atomic mass is 35.5. The Kier molecular flexibility index (Phi) is 6.02. The van der Waals surface area contributed by atoms with E-state index in [1.165, 1.54) is 17.7 Å². The Morgan fingerprint density at radius 2 is 1.96 bits per heavy atom. The second-order valence-electron chi connectivity index (χ2n) is 5.34. The van der Waals surface area contributed by atoms with Gasteiger partial charge in [0.2, 0.25) is 6.79 Å². The molecule has 0 aromatic heterocycles. The first kappa shape index (κ1) is 17.3. The number of nitrogens with zero attached hydrogens (tertiary/aromatic N) is 1. The van der Waals surface area contributed by atoms with Crippen LogP contribution >= 0.6 is 12.4 Å². The summed E-state index contributed by atoms with van der Waals surface area (Å²) < 4.78 is 23.8. The molecule has 0 bridgehead atoms. The van der Waals surface area contributed by atoms with E-state index in [0.29, 0.717) is 6.79 Å². The molecule has 0 N–H and O–H groups in total. The van der Waals surface area contributed by atoms with Crippen molar-refractivity contribution < 1.29 is 13.9 Å². The second-order valence-corrected chi connectivity index (χ2v) is 5.34. The van der Waals surface area contributed by atoms with Gasteiger partial charge in [-0.2, -0.15) is 0 Å². The number of rotatable bonds is 5. The molecule has 0 amide bonds. The Labute approximate surface area is 141 Å². The van der Waals surface area contributed by atoms with E-state index < -0.39 is 0 Å². The van der Waals surface area contributed by atoms with Crippen LogP contribution in [0.2, 0.25) is 0 Å². The predicted molar refractivity (Wildman–Crippen MR) is 91.6 cm³/mol. The Balaban J connectivity index is 0.00000192. The molecule has 1 aliphatic heterocycles. The van der Waals surface area contributed by atoms with Crippen LogP contribution < -0.4 is 9.47 Å². The van der Waals surface area contributed by atoms with E-state index in [1.807, 2.05) is 43.5 Å². The Morgan fingerprint density at radius 3 is 2.78 bits per heavy atom. The molecule has 2 aromatic carbocycles. The van der Waals surface area contributed by atoms with Gasteiger partial charge in [-0.1, -0.05) is 30.4 Å². The van der Waals surface area contributed by atoms with Crippen molar-refractivity contribution in [2.75, 3.05) is 20.4 Å². The molecule has 0 atom stereocenters. The Hall–Kier alpha value is -2.04. The first-order valence-electron chi connectivity index (χ1n) is 7.20. The largest absolute Gasteiger partial charge is 0.454 e. The molecule has 0 unspecified atom stereocenters. The molecular formula is C18H19ClFNO2. The van der Waals surface area contributed by atoms with Crippen molar-refractivity contribution in [3.05, 3.63) is 65.5 Å². The van der Waals surface area contributed by atoms with Gasteiger partial charge in [-0.15, -0.1) is 12.4 Å². The maximum Gasteiger partial charge on any atom is 0.231 e. The van der Waals surface area contributed by atoms with Crippen molar-refractivity contribution >= 4 is 18.5 Å². The zero-order chi connectivity index (χ0) is 15.4. The molecule has 23 heavy (non-hydrogen) atoms. The zero-order valence-electron chi connectivity index (χ0n) is 12.9. The van der Waals surface area contributed by atoms with Crippen LogP contribution in [0.25, 0.3) is 6.08 Å². The fraction of sp³-hybridized carbons (Fsp3) is 0.222. The summed E-state index contributed by atoms with van der Waals surface area (Å²) in [6.45, 7) is 1.89. The van der Waals surface area contributed by atoms with Crippen LogP contribution in [-0.2, 0) is 6.54 Å². The average Bonchev–Trinajstić information content (AvgIpc) is 2.95. The van der Waals surface area contributed by atoms with E-state index in [-0.39, 0.29) is 18.2 Å². The Morgan fingerprint density at radius 1 is 1.13 bits per heavy atom. The van der Waals surface area contributed by atoms with Crippen LogP contribution in [-0.4, -0.2) is 25.3 Å². The summed E-state index contributed by atoms with van der Waals surface area (Å²) in [6, 6.07) is 12.6. The molecule has 0 radical (unpaired) electrons. The zero-order valence-corrected chi connectivity index (χ0v) is 13.7. The number of ether oxygens (including phenoxy) is 2. The van der Waals surface area contributed by atoms with Crippen molar-refractivity contribution in [3.63, 3.8) is 0 Å². The molecule has 0 spiro atoms. The highest BCUT2D eigenvalue weighted by molar-refractivity contribution is 5.85. The van der Waals surface area contributed by atoms with Crippen LogP contribution in [0.4, 0.5) is 4.39 Å². The maximum atomic E-state index is 13.1. The highest BCUT2D eigenvalue weighted by Gasteiger charge is 2.13. The summed E-state index contributed by atoms with van der Waals surface area (Å²) >= 11 is 0. The summed E-state index contributed by atoms with van der Waals surface area (Å²) in [7, 11) is 2.04. The van der Waals surface area contributed by atoms with Gasteiger partial charge in [-0.3, -0.25) is 4.90 Å². The molecule has 1 heterocycles. The fourth-order valence-corrected chi connectivity index (χ4v) is 2.39. The average molecular weight is 336 g/mol. The molecular weight excluding hydrogens is 317 g/mol. The van der Waals surface area contributed by atoms with Gasteiger partial charge >= 0.3 is 0 Å². The van der Waals surface area contributed by atoms with Crippen molar-refractivity contribution in [2.24, 2.45) is 0 Å². The number of benzene rings is 2. The molecule has 0 fully saturated rings. The highest BCUT2D eigenvalue weighted by Crippen LogP contribution is 2.32. The third-order valence-corrected chi connectivity index (χ3v) is 3.47. The van der Waals surface area contributed by atoms with E-state index in [4.69, 9.17) is 9.47 Å². The van der Waals surface area contributed by atoms with E-state index in [0.717, 1.165) is 30.2 Å². The first-order valence-corrected chi connectivity index (χ1v) is 7.20. The topological polar surface area (TPSA) is 21.7 Å². The lowest BCUT2D eigenvalue weighted by Crippen LogP contribution is -2.17. The van der Waals surface area contributed by atoms with E-state index in [9.17, 15) is 4.39 Å². The summed E-state index contributed by atoms with van der Waals surface area (Å²) in [5.41, 5.74) is 2.04. The lowest BCUT2D eigenvalue weighted by molar-refractivity contribution is 0.174. The van der Waals surface area contributed by atoms with Crippen LogP contribution in [0.3, 0.4) is 0 Å². The molecule has 0 saturated heterocycles. The quantitative estimate of drug-likeness (QED) is 0.820. The summed E-state index contributed by atoms with van der Waals surface area (Å²) in [5.74, 6) is 1.40. The molecule has 122 valence electrons. The van der Waals surface area contributed by atoms with Gasteiger partial charge in [-0.25, -0.2) is 4.39 Å². The number of fused-ring (bicyclic) bond motifs is 1. The third-order valence-electron chi connectivity index (χ3n) is 3.47. The van der Waals surface area contributed by atoms with Gasteiger partial charge in [0, 0.05) is 13.1 Å². The molecule has 0 saturated carbocycles. The van der Waals surface area contributed by atoms with Crippen LogP contribution in [0.1, 0.15) is 11.1 Å². The monoisotopic (exact) mass is 335 g/mol. The summed E-state index contributed by atoms with van der Waals surface area (Å²) in [5, 5.41) is 0. The minimum absolute atomic E-state index is 0.